The third-order valence-corrected chi connectivity index (χ3v) is 2.32. The van der Waals surface area contributed by atoms with Gasteiger partial charge in [0.05, 0.1) is 0 Å². The van der Waals surface area contributed by atoms with Crippen molar-refractivity contribution in [2.45, 2.75) is 32.8 Å². The maximum absolute atomic E-state index is 11.4. The van der Waals surface area contributed by atoms with E-state index in [1.165, 1.54) is 0 Å². The summed E-state index contributed by atoms with van der Waals surface area (Å²) in [6.45, 7) is 5.87. The highest BCUT2D eigenvalue weighted by atomic mass is 16.6. The standard InChI is InChI=1S/C16H21N3O2/c1-16(2,3)21-15(20)19-10-5-4-7-12-8-6-9-13(11-12)14(17)18/h6,8-9,11H,5,10H2,1-3H3,(H3,17,18)(H,19,20). The van der Waals surface area contributed by atoms with E-state index >= 15 is 0 Å². The van der Waals surface area contributed by atoms with Crippen LogP contribution in [0.3, 0.4) is 0 Å². The molecular weight excluding hydrogens is 266 g/mol. The highest BCUT2D eigenvalue weighted by Crippen LogP contribution is 2.06. The minimum absolute atomic E-state index is 0.0187. The molecule has 0 aromatic heterocycles. The summed E-state index contributed by atoms with van der Waals surface area (Å²) >= 11 is 0. The van der Waals surface area contributed by atoms with Gasteiger partial charge in [0.15, 0.2) is 0 Å². The number of benzene rings is 1. The summed E-state index contributed by atoms with van der Waals surface area (Å²) in [6, 6.07) is 7.18. The van der Waals surface area contributed by atoms with Crippen LogP contribution in [0.4, 0.5) is 4.79 Å². The van der Waals surface area contributed by atoms with Gasteiger partial charge >= 0.3 is 6.09 Å². The lowest BCUT2D eigenvalue weighted by molar-refractivity contribution is 0.0529. The van der Waals surface area contributed by atoms with E-state index in [0.717, 1.165) is 5.56 Å². The Kier molecular flexibility index (Phi) is 5.79. The van der Waals surface area contributed by atoms with Crippen molar-refractivity contribution < 1.29 is 9.53 Å². The lowest BCUT2D eigenvalue weighted by atomic mass is 10.1. The van der Waals surface area contributed by atoms with Crippen molar-refractivity contribution in [1.82, 2.24) is 5.32 Å². The van der Waals surface area contributed by atoms with Gasteiger partial charge in [0.2, 0.25) is 0 Å². The zero-order valence-corrected chi connectivity index (χ0v) is 12.6. The quantitative estimate of drug-likeness (QED) is 0.345. The average molecular weight is 287 g/mol. The van der Waals surface area contributed by atoms with Crippen LogP contribution in [0.2, 0.25) is 0 Å². The molecule has 112 valence electrons. The lowest BCUT2D eigenvalue weighted by Gasteiger charge is -2.19. The van der Waals surface area contributed by atoms with Gasteiger partial charge in [0.25, 0.3) is 0 Å². The van der Waals surface area contributed by atoms with Gasteiger partial charge in [-0.05, 0) is 32.9 Å². The van der Waals surface area contributed by atoms with Crippen LogP contribution in [-0.2, 0) is 4.74 Å². The summed E-state index contributed by atoms with van der Waals surface area (Å²) in [4.78, 5) is 11.4. The van der Waals surface area contributed by atoms with Gasteiger partial charge in [-0.2, -0.15) is 0 Å². The number of carbonyl (C=O) groups excluding carboxylic acids is 1. The summed E-state index contributed by atoms with van der Waals surface area (Å²) in [5.41, 5.74) is 6.36. The van der Waals surface area contributed by atoms with Gasteiger partial charge in [-0.15, -0.1) is 0 Å². The molecule has 0 aliphatic carbocycles. The second kappa shape index (κ2) is 7.34. The molecule has 0 spiro atoms. The monoisotopic (exact) mass is 287 g/mol. The van der Waals surface area contributed by atoms with E-state index in [0.29, 0.717) is 18.5 Å². The first kappa shape index (κ1) is 16.6. The van der Waals surface area contributed by atoms with Crippen molar-refractivity contribution in [1.29, 1.82) is 5.41 Å². The Morgan fingerprint density at radius 1 is 1.43 bits per heavy atom. The first-order valence-corrected chi connectivity index (χ1v) is 6.68. The van der Waals surface area contributed by atoms with Crippen molar-refractivity contribution >= 4 is 11.9 Å². The number of amidine groups is 1. The Morgan fingerprint density at radius 3 is 2.76 bits per heavy atom. The number of hydrogen-bond acceptors (Lipinski definition) is 3. The summed E-state index contributed by atoms with van der Waals surface area (Å²) in [6.07, 6.45) is 0.0756. The molecule has 0 aliphatic heterocycles. The van der Waals surface area contributed by atoms with Crippen LogP contribution >= 0.6 is 0 Å². The smallest absolute Gasteiger partial charge is 0.407 e. The number of nitrogen functional groups attached to an aromatic ring is 1. The number of hydrogen-bond donors (Lipinski definition) is 3. The molecule has 5 heteroatoms. The van der Waals surface area contributed by atoms with Crippen LogP contribution < -0.4 is 11.1 Å². The second-order valence-electron chi connectivity index (χ2n) is 5.47. The number of carbonyl (C=O) groups is 1. The normalized spacial score (nSPS) is 10.2. The molecule has 5 nitrogen and oxygen atoms in total. The topological polar surface area (TPSA) is 88.2 Å². The molecule has 0 fully saturated rings. The molecule has 0 heterocycles. The van der Waals surface area contributed by atoms with Crippen molar-refractivity contribution in [3.05, 3.63) is 35.4 Å². The maximum Gasteiger partial charge on any atom is 0.407 e. The van der Waals surface area contributed by atoms with Gasteiger partial charge in [-0.1, -0.05) is 24.0 Å². The minimum atomic E-state index is -0.497. The Balaban J connectivity index is 2.42. The number of amides is 1. The first-order valence-electron chi connectivity index (χ1n) is 6.68. The SMILES string of the molecule is CC(C)(C)OC(=O)NCCC#Cc1cccc(C(=N)N)c1. The third kappa shape index (κ3) is 7.02. The molecular formula is C16H21N3O2. The van der Waals surface area contributed by atoms with E-state index < -0.39 is 11.7 Å². The lowest BCUT2D eigenvalue weighted by Crippen LogP contribution is -2.32. The Morgan fingerprint density at radius 2 is 2.14 bits per heavy atom. The number of alkyl carbamates (subject to hydrolysis) is 1. The molecule has 1 rings (SSSR count). The zero-order chi connectivity index (χ0) is 15.9. The number of ether oxygens (including phenoxy) is 1. The van der Waals surface area contributed by atoms with Crippen LogP contribution in [0.5, 0.6) is 0 Å². The fraction of sp³-hybridized carbons (Fsp3) is 0.375. The van der Waals surface area contributed by atoms with E-state index in [9.17, 15) is 4.79 Å². The van der Waals surface area contributed by atoms with E-state index in [2.05, 4.69) is 17.2 Å². The van der Waals surface area contributed by atoms with Crippen LogP contribution in [0.25, 0.3) is 0 Å². The molecule has 21 heavy (non-hydrogen) atoms. The number of nitrogens with two attached hydrogens (primary N) is 1. The average Bonchev–Trinajstić information content (AvgIpc) is 2.36. The Hall–Kier alpha value is -2.48. The minimum Gasteiger partial charge on any atom is -0.444 e. The predicted octanol–water partition coefficient (Wildman–Crippen LogP) is 2.24. The molecule has 1 amide bonds. The zero-order valence-electron chi connectivity index (χ0n) is 12.6. The first-order chi connectivity index (χ1) is 9.78. The molecule has 0 unspecified atom stereocenters. The van der Waals surface area contributed by atoms with E-state index in [-0.39, 0.29) is 5.84 Å². The van der Waals surface area contributed by atoms with Gasteiger partial charge < -0.3 is 15.8 Å². The summed E-state index contributed by atoms with van der Waals surface area (Å²) in [7, 11) is 0. The predicted molar refractivity (Wildman–Crippen MR) is 83.2 cm³/mol. The molecule has 1 aromatic rings. The van der Waals surface area contributed by atoms with Gasteiger partial charge in [-0.3, -0.25) is 5.41 Å². The third-order valence-electron chi connectivity index (χ3n) is 2.32. The molecule has 0 saturated heterocycles. The fourth-order valence-corrected chi connectivity index (χ4v) is 1.47. The van der Waals surface area contributed by atoms with Crippen molar-refractivity contribution in [3.8, 4) is 11.8 Å². The van der Waals surface area contributed by atoms with Crippen LogP contribution in [-0.4, -0.2) is 24.1 Å². The van der Waals surface area contributed by atoms with Crippen LogP contribution in [0.15, 0.2) is 24.3 Å². The fourth-order valence-electron chi connectivity index (χ4n) is 1.47. The number of nitrogens with one attached hydrogen (secondary N) is 2. The molecule has 1 aromatic carbocycles. The maximum atomic E-state index is 11.4. The molecule has 0 saturated carbocycles. The summed E-state index contributed by atoms with van der Waals surface area (Å²) in [5.74, 6) is 5.94. The highest BCUT2D eigenvalue weighted by molar-refractivity contribution is 5.95. The van der Waals surface area contributed by atoms with Crippen molar-refractivity contribution in [2.75, 3.05) is 6.54 Å². The van der Waals surface area contributed by atoms with Crippen LogP contribution in [0.1, 0.15) is 38.3 Å². The molecule has 4 N–H and O–H groups in total. The van der Waals surface area contributed by atoms with E-state index in [1.54, 1.807) is 18.2 Å². The molecule has 0 bridgehead atoms. The van der Waals surface area contributed by atoms with Crippen LogP contribution in [0, 0.1) is 17.3 Å². The number of rotatable bonds is 3. The largest absolute Gasteiger partial charge is 0.444 e. The van der Waals surface area contributed by atoms with Gasteiger partial charge in [0.1, 0.15) is 11.4 Å². The van der Waals surface area contributed by atoms with Crippen molar-refractivity contribution in [2.24, 2.45) is 5.73 Å². The van der Waals surface area contributed by atoms with Crippen molar-refractivity contribution in [3.63, 3.8) is 0 Å². The summed E-state index contributed by atoms with van der Waals surface area (Å²) in [5, 5.41) is 10.00. The van der Waals surface area contributed by atoms with E-state index in [4.69, 9.17) is 15.9 Å². The second-order valence-corrected chi connectivity index (χ2v) is 5.47. The molecule has 0 radical (unpaired) electrons. The van der Waals surface area contributed by atoms with Gasteiger partial charge in [0, 0.05) is 24.1 Å². The summed E-state index contributed by atoms with van der Waals surface area (Å²) < 4.78 is 5.11. The highest BCUT2D eigenvalue weighted by Gasteiger charge is 2.15. The Labute approximate surface area is 125 Å². The molecule has 0 atom stereocenters. The Bertz CT molecular complexity index is 577. The van der Waals surface area contributed by atoms with E-state index in [1.807, 2.05) is 26.8 Å². The molecule has 0 aliphatic rings. The van der Waals surface area contributed by atoms with Gasteiger partial charge in [-0.25, -0.2) is 4.79 Å².